The van der Waals surface area contributed by atoms with Crippen molar-refractivity contribution in [1.29, 1.82) is 0 Å². The van der Waals surface area contributed by atoms with Gasteiger partial charge in [-0.15, -0.1) is 0 Å². The highest BCUT2D eigenvalue weighted by molar-refractivity contribution is 5.89. The Hall–Kier alpha value is -2.14. The second-order valence-corrected chi connectivity index (χ2v) is 4.27. The lowest BCUT2D eigenvalue weighted by molar-refractivity contribution is -0.132. The standard InChI is InChI=1S/C14H17NO4/c1-10(13(16)17)8-15(2)9-11-5-4-6-12(7-11)14(18)19-3/h4-7H,1,8-9H2,2-3H3,(H,16,17). The van der Waals surface area contributed by atoms with Crippen LogP contribution in [0.3, 0.4) is 0 Å². The molecule has 0 unspecified atom stereocenters. The average molecular weight is 263 g/mol. The third-order valence-corrected chi connectivity index (χ3v) is 2.56. The predicted octanol–water partition coefficient (Wildman–Crippen LogP) is 1.55. The number of carboxylic acids is 1. The van der Waals surface area contributed by atoms with E-state index in [1.54, 1.807) is 25.2 Å². The van der Waals surface area contributed by atoms with E-state index in [9.17, 15) is 9.59 Å². The van der Waals surface area contributed by atoms with E-state index < -0.39 is 5.97 Å². The number of benzene rings is 1. The van der Waals surface area contributed by atoms with Crippen molar-refractivity contribution in [3.8, 4) is 0 Å². The summed E-state index contributed by atoms with van der Waals surface area (Å²) in [4.78, 5) is 23.9. The van der Waals surface area contributed by atoms with Crippen LogP contribution in [-0.2, 0) is 16.1 Å². The summed E-state index contributed by atoms with van der Waals surface area (Å²) in [7, 11) is 3.12. The summed E-state index contributed by atoms with van der Waals surface area (Å²) in [6, 6.07) is 7.03. The minimum absolute atomic E-state index is 0.131. The predicted molar refractivity (Wildman–Crippen MR) is 70.9 cm³/mol. The molecule has 0 saturated carbocycles. The first kappa shape index (κ1) is 14.9. The second-order valence-electron chi connectivity index (χ2n) is 4.27. The Morgan fingerprint density at radius 2 is 2.11 bits per heavy atom. The Bertz CT molecular complexity index is 496. The first-order chi connectivity index (χ1) is 8.93. The highest BCUT2D eigenvalue weighted by atomic mass is 16.5. The topological polar surface area (TPSA) is 66.8 Å². The van der Waals surface area contributed by atoms with Gasteiger partial charge in [0.15, 0.2) is 0 Å². The largest absolute Gasteiger partial charge is 0.478 e. The van der Waals surface area contributed by atoms with Crippen LogP contribution in [0.2, 0.25) is 0 Å². The molecule has 0 atom stereocenters. The monoisotopic (exact) mass is 263 g/mol. The molecule has 1 aromatic carbocycles. The number of rotatable bonds is 6. The molecule has 0 bridgehead atoms. The number of methoxy groups -OCH3 is 1. The lowest BCUT2D eigenvalue weighted by Gasteiger charge is -2.16. The molecule has 19 heavy (non-hydrogen) atoms. The molecule has 102 valence electrons. The molecule has 0 fully saturated rings. The van der Waals surface area contributed by atoms with E-state index in [0.29, 0.717) is 12.1 Å². The number of esters is 1. The zero-order valence-corrected chi connectivity index (χ0v) is 11.0. The van der Waals surface area contributed by atoms with E-state index in [0.717, 1.165) is 5.56 Å². The van der Waals surface area contributed by atoms with Gasteiger partial charge < -0.3 is 9.84 Å². The molecule has 0 saturated heterocycles. The van der Waals surface area contributed by atoms with Crippen molar-refractivity contribution >= 4 is 11.9 Å². The number of ether oxygens (including phenoxy) is 1. The summed E-state index contributed by atoms with van der Waals surface area (Å²) < 4.78 is 4.65. The fourth-order valence-corrected chi connectivity index (χ4v) is 1.68. The number of hydrogen-bond acceptors (Lipinski definition) is 4. The van der Waals surface area contributed by atoms with Crippen molar-refractivity contribution in [2.75, 3.05) is 20.7 Å². The molecule has 0 spiro atoms. The quantitative estimate of drug-likeness (QED) is 0.623. The molecule has 5 nitrogen and oxygen atoms in total. The smallest absolute Gasteiger partial charge is 0.337 e. The Morgan fingerprint density at radius 1 is 1.42 bits per heavy atom. The molecule has 1 aromatic rings. The summed E-state index contributed by atoms with van der Waals surface area (Å²) in [5.41, 5.74) is 1.51. The van der Waals surface area contributed by atoms with Gasteiger partial charge in [-0.2, -0.15) is 0 Å². The van der Waals surface area contributed by atoms with E-state index in [-0.39, 0.29) is 18.1 Å². The first-order valence-corrected chi connectivity index (χ1v) is 5.71. The summed E-state index contributed by atoms with van der Waals surface area (Å²) >= 11 is 0. The Morgan fingerprint density at radius 3 is 2.68 bits per heavy atom. The van der Waals surface area contributed by atoms with E-state index in [4.69, 9.17) is 5.11 Å². The van der Waals surface area contributed by atoms with Crippen LogP contribution in [0, 0.1) is 0 Å². The maximum absolute atomic E-state index is 11.4. The lowest BCUT2D eigenvalue weighted by atomic mass is 10.1. The average Bonchev–Trinajstić information content (AvgIpc) is 2.37. The van der Waals surface area contributed by atoms with Crippen molar-refractivity contribution < 1.29 is 19.4 Å². The third kappa shape index (κ3) is 4.56. The highest BCUT2D eigenvalue weighted by Crippen LogP contribution is 2.09. The van der Waals surface area contributed by atoms with Gasteiger partial charge in [0.25, 0.3) is 0 Å². The number of carboxylic acid groups (broad SMARTS) is 1. The maximum atomic E-state index is 11.4. The second kappa shape index (κ2) is 6.70. The summed E-state index contributed by atoms with van der Waals surface area (Å²) in [6.07, 6.45) is 0. The highest BCUT2D eigenvalue weighted by Gasteiger charge is 2.10. The first-order valence-electron chi connectivity index (χ1n) is 5.71. The van der Waals surface area contributed by atoms with Crippen molar-refractivity contribution in [3.63, 3.8) is 0 Å². The minimum Gasteiger partial charge on any atom is -0.478 e. The van der Waals surface area contributed by atoms with Gasteiger partial charge in [-0.05, 0) is 24.7 Å². The molecule has 1 rings (SSSR count). The van der Waals surface area contributed by atoms with Crippen molar-refractivity contribution in [2.45, 2.75) is 6.54 Å². The molecule has 0 aliphatic heterocycles. The van der Waals surface area contributed by atoms with Crippen molar-refractivity contribution in [2.24, 2.45) is 0 Å². The van der Waals surface area contributed by atoms with E-state index >= 15 is 0 Å². The Labute approximate surface area is 112 Å². The maximum Gasteiger partial charge on any atom is 0.337 e. The summed E-state index contributed by atoms with van der Waals surface area (Å²) in [6.45, 7) is 4.27. The van der Waals surface area contributed by atoms with Crippen LogP contribution in [0.25, 0.3) is 0 Å². The van der Waals surface area contributed by atoms with Crippen LogP contribution in [-0.4, -0.2) is 42.6 Å². The van der Waals surface area contributed by atoms with Gasteiger partial charge in [0.2, 0.25) is 0 Å². The molecular formula is C14H17NO4. The molecule has 1 N–H and O–H groups in total. The van der Waals surface area contributed by atoms with Gasteiger partial charge in [0.1, 0.15) is 0 Å². The van der Waals surface area contributed by atoms with E-state index in [2.05, 4.69) is 11.3 Å². The van der Waals surface area contributed by atoms with Gasteiger partial charge in [-0.3, -0.25) is 4.90 Å². The van der Waals surface area contributed by atoms with Gasteiger partial charge in [-0.1, -0.05) is 18.7 Å². The van der Waals surface area contributed by atoms with Crippen LogP contribution in [0.15, 0.2) is 36.4 Å². The summed E-state index contributed by atoms with van der Waals surface area (Å²) in [5.74, 6) is -1.39. The number of carbonyl (C=O) groups is 2. The Kier molecular flexibility index (Phi) is 5.26. The molecule has 0 aliphatic rings. The van der Waals surface area contributed by atoms with Gasteiger partial charge >= 0.3 is 11.9 Å². The number of nitrogens with zero attached hydrogens (tertiary/aromatic N) is 1. The van der Waals surface area contributed by atoms with Crippen LogP contribution >= 0.6 is 0 Å². The van der Waals surface area contributed by atoms with Gasteiger partial charge in [0, 0.05) is 18.7 Å². The lowest BCUT2D eigenvalue weighted by Crippen LogP contribution is -2.23. The van der Waals surface area contributed by atoms with Crippen LogP contribution in [0.1, 0.15) is 15.9 Å². The normalized spacial score (nSPS) is 10.3. The Balaban J connectivity index is 2.69. The molecule has 0 aliphatic carbocycles. The van der Waals surface area contributed by atoms with E-state index in [1.165, 1.54) is 7.11 Å². The zero-order valence-electron chi connectivity index (χ0n) is 11.0. The number of aliphatic carboxylic acids is 1. The minimum atomic E-state index is -1.00. The summed E-state index contributed by atoms with van der Waals surface area (Å²) in [5, 5.41) is 8.76. The SMILES string of the molecule is C=C(CN(C)Cc1cccc(C(=O)OC)c1)C(=O)O. The van der Waals surface area contributed by atoms with Crippen molar-refractivity contribution in [3.05, 3.63) is 47.5 Å². The van der Waals surface area contributed by atoms with Crippen LogP contribution < -0.4 is 0 Å². The number of hydrogen-bond donors (Lipinski definition) is 1. The molecule has 0 heterocycles. The molecule has 0 radical (unpaired) electrons. The van der Waals surface area contributed by atoms with Crippen LogP contribution in [0.5, 0.6) is 0 Å². The molecular weight excluding hydrogens is 246 g/mol. The van der Waals surface area contributed by atoms with Crippen LogP contribution in [0.4, 0.5) is 0 Å². The van der Waals surface area contributed by atoms with Gasteiger partial charge in [-0.25, -0.2) is 9.59 Å². The fourth-order valence-electron chi connectivity index (χ4n) is 1.68. The van der Waals surface area contributed by atoms with Crippen molar-refractivity contribution in [1.82, 2.24) is 4.90 Å². The third-order valence-electron chi connectivity index (χ3n) is 2.56. The number of carbonyl (C=O) groups excluding carboxylic acids is 1. The molecule has 5 heteroatoms. The zero-order chi connectivity index (χ0) is 14.4. The van der Waals surface area contributed by atoms with E-state index in [1.807, 2.05) is 11.0 Å². The number of likely N-dealkylation sites (N-methyl/N-ethyl adjacent to an activating group) is 1. The molecule has 0 amide bonds. The molecule has 0 aromatic heterocycles. The van der Waals surface area contributed by atoms with Gasteiger partial charge in [0.05, 0.1) is 12.7 Å². The fraction of sp³-hybridized carbons (Fsp3) is 0.286.